The molecule has 0 saturated heterocycles. The maximum Gasteiger partial charge on any atom is 0.124 e. The van der Waals surface area contributed by atoms with Gasteiger partial charge in [-0.2, -0.15) is 0 Å². The van der Waals surface area contributed by atoms with Crippen molar-refractivity contribution < 1.29 is 4.74 Å². The molecule has 0 aliphatic carbocycles. The van der Waals surface area contributed by atoms with Gasteiger partial charge in [-0.3, -0.25) is 0 Å². The molecular weight excluding hydrogens is 382 g/mol. The molecule has 2 N–H and O–H groups in total. The molecule has 0 heterocycles. The minimum absolute atomic E-state index is 0.213. The predicted octanol–water partition coefficient (Wildman–Crippen LogP) is 4.89. The summed E-state index contributed by atoms with van der Waals surface area (Å²) >= 11 is 7.04. The summed E-state index contributed by atoms with van der Waals surface area (Å²) in [5, 5.41) is 0. The molecule has 1 unspecified atom stereocenters. The van der Waals surface area contributed by atoms with Gasteiger partial charge in [-0.15, -0.1) is 0 Å². The number of halogens is 2. The van der Waals surface area contributed by atoms with E-state index < -0.39 is 0 Å². The molecule has 20 heavy (non-hydrogen) atoms. The Hall–Kier alpha value is -0.840. The van der Waals surface area contributed by atoms with Crippen LogP contribution in [0.5, 0.6) is 5.75 Å². The average molecular weight is 399 g/mol. The molecule has 0 amide bonds. The highest BCUT2D eigenvalue weighted by Crippen LogP contribution is 2.34. The van der Waals surface area contributed by atoms with E-state index in [0.717, 1.165) is 36.9 Å². The zero-order valence-electron chi connectivity index (χ0n) is 11.7. The number of aryl methyl sites for hydroxylation is 2. The number of hydrogen-bond donors (Lipinski definition) is 1. The zero-order chi connectivity index (χ0) is 14.9. The van der Waals surface area contributed by atoms with Gasteiger partial charge in [0.05, 0.1) is 13.2 Å². The molecule has 0 aliphatic rings. The zero-order valence-corrected chi connectivity index (χ0v) is 14.9. The summed E-state index contributed by atoms with van der Waals surface area (Å²) < 4.78 is 7.58. The Morgan fingerprint density at radius 1 is 1.00 bits per heavy atom. The highest BCUT2D eigenvalue weighted by molar-refractivity contribution is 9.10. The first-order valence-electron chi connectivity index (χ1n) is 6.29. The van der Waals surface area contributed by atoms with Crippen LogP contribution in [0.1, 0.15) is 28.3 Å². The highest BCUT2D eigenvalue weighted by atomic mass is 79.9. The van der Waals surface area contributed by atoms with E-state index in [0.29, 0.717) is 0 Å². The Morgan fingerprint density at radius 3 is 2.30 bits per heavy atom. The van der Waals surface area contributed by atoms with Gasteiger partial charge in [-0.1, -0.05) is 37.9 Å². The van der Waals surface area contributed by atoms with Crippen molar-refractivity contribution in [3.05, 3.63) is 61.5 Å². The fourth-order valence-corrected chi connectivity index (χ4v) is 3.08. The number of nitrogens with two attached hydrogens (primary N) is 1. The molecule has 4 heteroatoms. The van der Waals surface area contributed by atoms with Crippen LogP contribution in [0.15, 0.2) is 39.3 Å². The third kappa shape index (κ3) is 3.08. The van der Waals surface area contributed by atoms with E-state index in [4.69, 9.17) is 10.5 Å². The Balaban J connectivity index is 2.52. The lowest BCUT2D eigenvalue weighted by molar-refractivity contribution is 0.407. The third-order valence-electron chi connectivity index (χ3n) is 3.41. The van der Waals surface area contributed by atoms with Crippen LogP contribution in [0.3, 0.4) is 0 Å². The lowest BCUT2D eigenvalue weighted by Crippen LogP contribution is -2.14. The van der Waals surface area contributed by atoms with E-state index in [9.17, 15) is 0 Å². The summed E-state index contributed by atoms with van der Waals surface area (Å²) in [6.07, 6.45) is 0. The van der Waals surface area contributed by atoms with E-state index in [2.05, 4.69) is 50.9 Å². The fourth-order valence-electron chi connectivity index (χ4n) is 2.25. The quantitative estimate of drug-likeness (QED) is 0.799. The largest absolute Gasteiger partial charge is 0.496 e. The van der Waals surface area contributed by atoms with Crippen molar-refractivity contribution in [3.8, 4) is 5.75 Å². The number of rotatable bonds is 3. The minimum atomic E-state index is -0.213. The van der Waals surface area contributed by atoms with Gasteiger partial charge in [0.25, 0.3) is 0 Å². The predicted molar refractivity (Wildman–Crippen MR) is 90.3 cm³/mol. The minimum Gasteiger partial charge on any atom is -0.496 e. The molecule has 0 saturated carbocycles. The summed E-state index contributed by atoms with van der Waals surface area (Å²) in [6, 6.07) is 9.98. The summed E-state index contributed by atoms with van der Waals surface area (Å²) in [4.78, 5) is 0. The van der Waals surface area contributed by atoms with Gasteiger partial charge < -0.3 is 10.5 Å². The molecule has 2 nitrogen and oxygen atoms in total. The molecule has 2 aromatic rings. The Kier molecular flexibility index (Phi) is 4.89. The van der Waals surface area contributed by atoms with E-state index >= 15 is 0 Å². The molecular formula is C16H17Br2NO. The summed E-state index contributed by atoms with van der Waals surface area (Å²) in [6.45, 7) is 4.10. The molecule has 0 spiro atoms. The number of ether oxygens (including phenoxy) is 1. The summed E-state index contributed by atoms with van der Waals surface area (Å²) in [7, 11) is 1.67. The number of benzene rings is 2. The van der Waals surface area contributed by atoms with Crippen LogP contribution in [-0.4, -0.2) is 7.11 Å². The lowest BCUT2D eigenvalue weighted by atomic mass is 9.94. The maximum absolute atomic E-state index is 6.45. The van der Waals surface area contributed by atoms with Crippen molar-refractivity contribution in [1.82, 2.24) is 0 Å². The standard InChI is InChI=1S/C16H17Br2NO/c1-9-6-11(17)4-5-12(9)16(19)13-8-14(18)10(2)7-15(13)20-3/h4-8,16H,19H2,1-3H3. The van der Waals surface area contributed by atoms with Gasteiger partial charge in [0, 0.05) is 14.5 Å². The number of hydrogen-bond acceptors (Lipinski definition) is 2. The highest BCUT2D eigenvalue weighted by Gasteiger charge is 2.17. The van der Waals surface area contributed by atoms with Crippen molar-refractivity contribution in [1.29, 1.82) is 0 Å². The molecule has 0 bridgehead atoms. The topological polar surface area (TPSA) is 35.2 Å². The second kappa shape index (κ2) is 6.29. The van der Waals surface area contributed by atoms with Crippen LogP contribution in [0, 0.1) is 13.8 Å². The van der Waals surface area contributed by atoms with Crippen LogP contribution in [0.2, 0.25) is 0 Å². The Bertz CT molecular complexity index is 641. The van der Waals surface area contributed by atoms with E-state index in [1.807, 2.05) is 25.1 Å². The van der Waals surface area contributed by atoms with Crippen molar-refractivity contribution in [2.75, 3.05) is 7.11 Å². The second-order valence-electron chi connectivity index (χ2n) is 4.82. The first kappa shape index (κ1) is 15.5. The van der Waals surface area contributed by atoms with Crippen LogP contribution in [0.4, 0.5) is 0 Å². The summed E-state index contributed by atoms with van der Waals surface area (Å²) in [5.41, 5.74) is 10.8. The smallest absolute Gasteiger partial charge is 0.124 e. The molecule has 0 fully saturated rings. The van der Waals surface area contributed by atoms with Crippen LogP contribution in [-0.2, 0) is 0 Å². The molecule has 1 atom stereocenters. The van der Waals surface area contributed by atoms with Crippen molar-refractivity contribution in [2.24, 2.45) is 5.73 Å². The molecule has 106 valence electrons. The molecule has 0 aromatic heterocycles. The third-order valence-corrected chi connectivity index (χ3v) is 4.76. The number of methoxy groups -OCH3 is 1. The fraction of sp³-hybridized carbons (Fsp3) is 0.250. The normalized spacial score (nSPS) is 12.3. The van der Waals surface area contributed by atoms with Gasteiger partial charge in [0.1, 0.15) is 5.75 Å². The van der Waals surface area contributed by atoms with Gasteiger partial charge in [-0.05, 0) is 54.8 Å². The van der Waals surface area contributed by atoms with Gasteiger partial charge >= 0.3 is 0 Å². The van der Waals surface area contributed by atoms with Crippen molar-refractivity contribution in [2.45, 2.75) is 19.9 Å². The average Bonchev–Trinajstić information content (AvgIpc) is 2.40. The first-order chi connectivity index (χ1) is 9.43. The lowest BCUT2D eigenvalue weighted by Gasteiger charge is -2.19. The van der Waals surface area contributed by atoms with Crippen LogP contribution < -0.4 is 10.5 Å². The molecule has 0 radical (unpaired) electrons. The van der Waals surface area contributed by atoms with Crippen LogP contribution >= 0.6 is 31.9 Å². The van der Waals surface area contributed by atoms with Gasteiger partial charge in [-0.25, -0.2) is 0 Å². The second-order valence-corrected chi connectivity index (χ2v) is 6.59. The molecule has 2 rings (SSSR count). The van der Waals surface area contributed by atoms with Crippen molar-refractivity contribution in [3.63, 3.8) is 0 Å². The first-order valence-corrected chi connectivity index (χ1v) is 7.88. The van der Waals surface area contributed by atoms with E-state index in [1.165, 1.54) is 0 Å². The van der Waals surface area contributed by atoms with Gasteiger partial charge in [0.2, 0.25) is 0 Å². The van der Waals surface area contributed by atoms with E-state index in [1.54, 1.807) is 7.11 Å². The van der Waals surface area contributed by atoms with E-state index in [-0.39, 0.29) is 6.04 Å². The summed E-state index contributed by atoms with van der Waals surface area (Å²) in [5.74, 6) is 0.820. The molecule has 2 aromatic carbocycles. The SMILES string of the molecule is COc1cc(C)c(Br)cc1C(N)c1ccc(Br)cc1C. The van der Waals surface area contributed by atoms with Crippen molar-refractivity contribution >= 4 is 31.9 Å². The Morgan fingerprint density at radius 2 is 1.70 bits per heavy atom. The van der Waals surface area contributed by atoms with Gasteiger partial charge in [0.15, 0.2) is 0 Å². The molecule has 0 aliphatic heterocycles. The maximum atomic E-state index is 6.45. The Labute approximate surface area is 136 Å². The monoisotopic (exact) mass is 397 g/mol. The van der Waals surface area contributed by atoms with Crippen LogP contribution in [0.25, 0.3) is 0 Å².